The van der Waals surface area contributed by atoms with Crippen molar-refractivity contribution in [2.24, 2.45) is 0 Å². The van der Waals surface area contributed by atoms with Crippen molar-refractivity contribution in [2.45, 2.75) is 13.0 Å². The third kappa shape index (κ3) is 4.10. The van der Waals surface area contributed by atoms with Gasteiger partial charge in [0.05, 0.1) is 6.04 Å². The molecule has 6 nitrogen and oxygen atoms in total. The van der Waals surface area contributed by atoms with Gasteiger partial charge in [-0.3, -0.25) is 9.78 Å². The summed E-state index contributed by atoms with van der Waals surface area (Å²) < 4.78 is 0. The molecule has 6 heteroatoms. The van der Waals surface area contributed by atoms with Crippen LogP contribution in [-0.2, 0) is 4.79 Å². The number of rotatable bonds is 4. The number of aromatic nitrogens is 1. The molecule has 0 aliphatic carbocycles. The van der Waals surface area contributed by atoms with E-state index in [0.717, 1.165) is 10.5 Å². The number of amides is 2. The highest BCUT2D eigenvalue weighted by molar-refractivity contribution is 5.80. The zero-order valence-corrected chi connectivity index (χ0v) is 9.75. The summed E-state index contributed by atoms with van der Waals surface area (Å²) in [6.45, 7) is 1.48. The molecule has 0 spiro atoms. The Hall–Kier alpha value is -2.11. The fourth-order valence-electron chi connectivity index (χ4n) is 1.29. The predicted octanol–water partition coefficient (Wildman–Crippen LogP) is 0.869. The fourth-order valence-corrected chi connectivity index (χ4v) is 1.29. The molecular weight excluding hydrogens is 222 g/mol. The Bertz CT molecular complexity index is 394. The van der Waals surface area contributed by atoms with Crippen molar-refractivity contribution in [2.75, 3.05) is 13.6 Å². The van der Waals surface area contributed by atoms with Crippen LogP contribution >= 0.6 is 0 Å². The van der Waals surface area contributed by atoms with E-state index in [2.05, 4.69) is 10.3 Å². The quantitative estimate of drug-likeness (QED) is 0.814. The topological polar surface area (TPSA) is 82.5 Å². The molecule has 1 heterocycles. The maximum atomic E-state index is 11.6. The zero-order chi connectivity index (χ0) is 12.8. The largest absolute Gasteiger partial charge is 0.480 e. The molecule has 2 amide bonds. The average Bonchev–Trinajstić information content (AvgIpc) is 2.29. The van der Waals surface area contributed by atoms with Crippen LogP contribution < -0.4 is 5.32 Å². The smallest absolute Gasteiger partial charge is 0.323 e. The zero-order valence-electron chi connectivity index (χ0n) is 9.75. The van der Waals surface area contributed by atoms with Gasteiger partial charge in [0.1, 0.15) is 6.54 Å². The number of aliphatic carboxylic acids is 1. The second kappa shape index (κ2) is 5.83. The molecule has 0 saturated heterocycles. The minimum Gasteiger partial charge on any atom is -0.480 e. The number of carbonyl (C=O) groups excluding carboxylic acids is 1. The Morgan fingerprint density at radius 3 is 2.82 bits per heavy atom. The van der Waals surface area contributed by atoms with E-state index in [0.29, 0.717) is 0 Å². The van der Waals surface area contributed by atoms with Gasteiger partial charge in [0, 0.05) is 19.4 Å². The molecule has 0 fully saturated rings. The molecule has 0 radical (unpaired) electrons. The highest BCUT2D eigenvalue weighted by Crippen LogP contribution is 2.09. The van der Waals surface area contributed by atoms with E-state index >= 15 is 0 Å². The summed E-state index contributed by atoms with van der Waals surface area (Å²) in [5.74, 6) is -1.04. The molecule has 1 aromatic rings. The lowest BCUT2D eigenvalue weighted by atomic mass is 10.1. The van der Waals surface area contributed by atoms with Crippen molar-refractivity contribution in [3.63, 3.8) is 0 Å². The molecule has 2 N–H and O–H groups in total. The van der Waals surface area contributed by atoms with E-state index < -0.39 is 12.0 Å². The van der Waals surface area contributed by atoms with Gasteiger partial charge in [0.25, 0.3) is 0 Å². The van der Waals surface area contributed by atoms with E-state index in [1.165, 1.54) is 7.05 Å². The van der Waals surface area contributed by atoms with Crippen molar-refractivity contribution in [1.29, 1.82) is 0 Å². The summed E-state index contributed by atoms with van der Waals surface area (Å²) in [5, 5.41) is 11.2. The van der Waals surface area contributed by atoms with E-state index in [9.17, 15) is 9.59 Å². The molecule has 92 valence electrons. The molecule has 1 aromatic heterocycles. The number of carboxylic acids is 1. The first-order chi connectivity index (χ1) is 8.00. The van der Waals surface area contributed by atoms with Crippen LogP contribution in [0.25, 0.3) is 0 Å². The second-order valence-corrected chi connectivity index (χ2v) is 3.71. The Kier molecular flexibility index (Phi) is 4.45. The number of likely N-dealkylation sites (N-methyl/N-ethyl adjacent to an activating group) is 1. The lowest BCUT2D eigenvalue weighted by Crippen LogP contribution is -2.41. The minimum atomic E-state index is -1.04. The molecule has 1 rings (SSSR count). The minimum absolute atomic E-state index is 0.215. The number of carbonyl (C=O) groups is 2. The summed E-state index contributed by atoms with van der Waals surface area (Å²) in [6, 6.07) is 2.98. The molecule has 1 atom stereocenters. The Labute approximate surface area is 99.3 Å². The first kappa shape index (κ1) is 13.0. The molecule has 1 unspecified atom stereocenters. The molecular formula is C11H15N3O3. The molecule has 0 aliphatic rings. The van der Waals surface area contributed by atoms with Crippen LogP contribution in [0.15, 0.2) is 24.5 Å². The highest BCUT2D eigenvalue weighted by atomic mass is 16.4. The lowest BCUT2D eigenvalue weighted by molar-refractivity contribution is -0.137. The number of hydrogen-bond acceptors (Lipinski definition) is 3. The summed E-state index contributed by atoms with van der Waals surface area (Å²) in [6.07, 6.45) is 3.30. The number of urea groups is 1. The van der Waals surface area contributed by atoms with E-state index in [4.69, 9.17) is 5.11 Å². The van der Waals surface area contributed by atoms with Crippen molar-refractivity contribution in [1.82, 2.24) is 15.2 Å². The third-order valence-corrected chi connectivity index (χ3v) is 2.24. The lowest BCUT2D eigenvalue weighted by Gasteiger charge is -2.19. The second-order valence-electron chi connectivity index (χ2n) is 3.71. The Morgan fingerprint density at radius 2 is 2.29 bits per heavy atom. The van der Waals surface area contributed by atoms with Gasteiger partial charge < -0.3 is 15.3 Å². The Morgan fingerprint density at radius 1 is 1.59 bits per heavy atom. The van der Waals surface area contributed by atoms with E-state index in [1.54, 1.807) is 18.5 Å². The first-order valence-electron chi connectivity index (χ1n) is 5.14. The van der Waals surface area contributed by atoms with Crippen LogP contribution in [0.4, 0.5) is 4.79 Å². The number of pyridine rings is 1. The summed E-state index contributed by atoms with van der Waals surface area (Å²) in [4.78, 5) is 27.1. The predicted molar refractivity (Wildman–Crippen MR) is 61.4 cm³/mol. The fraction of sp³-hybridized carbons (Fsp3) is 0.364. The van der Waals surface area contributed by atoms with Gasteiger partial charge in [-0.2, -0.15) is 0 Å². The summed E-state index contributed by atoms with van der Waals surface area (Å²) >= 11 is 0. The Balaban J connectivity index is 2.54. The van der Waals surface area contributed by atoms with Crippen LogP contribution in [-0.4, -0.2) is 40.6 Å². The normalized spacial score (nSPS) is 11.6. The van der Waals surface area contributed by atoms with E-state index in [-0.39, 0.29) is 12.6 Å². The molecule has 17 heavy (non-hydrogen) atoms. The number of nitrogens with one attached hydrogen (secondary N) is 1. The molecule has 0 aromatic carbocycles. The number of hydrogen-bond donors (Lipinski definition) is 2. The first-order valence-corrected chi connectivity index (χ1v) is 5.14. The maximum absolute atomic E-state index is 11.6. The van der Waals surface area contributed by atoms with Crippen LogP contribution in [0.3, 0.4) is 0 Å². The van der Waals surface area contributed by atoms with Gasteiger partial charge in [-0.15, -0.1) is 0 Å². The average molecular weight is 237 g/mol. The highest BCUT2D eigenvalue weighted by Gasteiger charge is 2.15. The molecule has 0 saturated carbocycles. The summed E-state index contributed by atoms with van der Waals surface area (Å²) in [7, 11) is 1.43. The van der Waals surface area contributed by atoms with Crippen LogP contribution in [0, 0.1) is 0 Å². The van der Waals surface area contributed by atoms with Crippen LogP contribution in [0.5, 0.6) is 0 Å². The SMILES string of the molecule is CC(NC(=O)N(C)CC(=O)O)c1cccnc1. The maximum Gasteiger partial charge on any atom is 0.323 e. The van der Waals surface area contributed by atoms with Gasteiger partial charge in [-0.25, -0.2) is 4.79 Å². The van der Waals surface area contributed by atoms with Gasteiger partial charge in [0.2, 0.25) is 0 Å². The third-order valence-electron chi connectivity index (χ3n) is 2.24. The van der Waals surface area contributed by atoms with Crippen molar-refractivity contribution >= 4 is 12.0 Å². The van der Waals surface area contributed by atoms with E-state index in [1.807, 2.05) is 13.0 Å². The van der Waals surface area contributed by atoms with Crippen molar-refractivity contribution < 1.29 is 14.7 Å². The van der Waals surface area contributed by atoms with Gasteiger partial charge in [-0.1, -0.05) is 6.07 Å². The van der Waals surface area contributed by atoms with Gasteiger partial charge >= 0.3 is 12.0 Å². The molecule has 0 bridgehead atoms. The van der Waals surface area contributed by atoms with Gasteiger partial charge in [0.15, 0.2) is 0 Å². The van der Waals surface area contributed by atoms with Crippen molar-refractivity contribution in [3.8, 4) is 0 Å². The summed E-state index contributed by atoms with van der Waals surface area (Å²) in [5.41, 5.74) is 0.865. The van der Waals surface area contributed by atoms with Crippen molar-refractivity contribution in [3.05, 3.63) is 30.1 Å². The van der Waals surface area contributed by atoms with Crippen LogP contribution in [0.1, 0.15) is 18.5 Å². The number of carboxylic acid groups (broad SMARTS) is 1. The van der Waals surface area contributed by atoms with Gasteiger partial charge in [-0.05, 0) is 18.6 Å². The van der Waals surface area contributed by atoms with Crippen LogP contribution in [0.2, 0.25) is 0 Å². The monoisotopic (exact) mass is 237 g/mol. The number of nitrogens with zero attached hydrogens (tertiary/aromatic N) is 2. The standard InChI is InChI=1S/C11H15N3O3/c1-8(9-4-3-5-12-6-9)13-11(17)14(2)7-10(15)16/h3-6,8H,7H2,1-2H3,(H,13,17)(H,15,16). The molecule has 0 aliphatic heterocycles.